The number of carbonyl (C=O) groups excluding carboxylic acids is 1. The van der Waals surface area contributed by atoms with Crippen LogP contribution in [0.3, 0.4) is 0 Å². The molecule has 0 aliphatic carbocycles. The van der Waals surface area contributed by atoms with E-state index in [0.29, 0.717) is 5.69 Å². The van der Waals surface area contributed by atoms with Crippen LogP contribution in [0.5, 0.6) is 0 Å². The van der Waals surface area contributed by atoms with Crippen molar-refractivity contribution >= 4 is 29.4 Å². The Kier molecular flexibility index (Phi) is 8.13. The third-order valence-corrected chi connectivity index (χ3v) is 4.29. The molecule has 0 aliphatic heterocycles. The first kappa shape index (κ1) is 21.6. The zero-order valence-corrected chi connectivity index (χ0v) is 16.2. The van der Waals surface area contributed by atoms with Crippen LogP contribution < -0.4 is 16.7 Å². The number of allylic oxidation sites excluding steroid dienone is 4. The number of hydrogen-bond acceptors (Lipinski definition) is 5. The highest BCUT2D eigenvalue weighted by Gasteiger charge is 2.20. The van der Waals surface area contributed by atoms with Crippen molar-refractivity contribution in [2.24, 2.45) is 23.2 Å². The molecule has 6 N–H and O–H groups in total. The number of anilines is 1. The van der Waals surface area contributed by atoms with Gasteiger partial charge < -0.3 is 21.7 Å². The molecule has 2 atom stereocenters. The van der Waals surface area contributed by atoms with Crippen LogP contribution in [0.1, 0.15) is 13.8 Å². The van der Waals surface area contributed by atoms with Gasteiger partial charge >= 0.3 is 7.05 Å². The lowest BCUT2D eigenvalue weighted by Gasteiger charge is -2.18. The summed E-state index contributed by atoms with van der Waals surface area (Å²) in [5.74, 6) is 0.827. The number of aromatic nitrogens is 1. The third kappa shape index (κ3) is 6.16. The van der Waals surface area contributed by atoms with E-state index in [-0.39, 0.29) is 18.4 Å². The number of nitrogens with one attached hydrogen (secondary N) is 1. The van der Waals surface area contributed by atoms with E-state index in [9.17, 15) is 9.82 Å². The fourth-order valence-electron chi connectivity index (χ4n) is 2.91. The molecule has 6 nitrogen and oxygen atoms in total. The lowest BCUT2D eigenvalue weighted by Crippen LogP contribution is -2.30. The molecule has 1 aromatic heterocycles. The molecular weight excluding hydrogens is 351 g/mol. The van der Waals surface area contributed by atoms with Gasteiger partial charge in [-0.2, -0.15) is 0 Å². The zero-order chi connectivity index (χ0) is 20.5. The third-order valence-electron chi connectivity index (χ3n) is 4.29. The summed E-state index contributed by atoms with van der Waals surface area (Å²) in [6.45, 7) is 4.02. The zero-order valence-electron chi connectivity index (χ0n) is 16.2. The number of benzene rings is 1. The van der Waals surface area contributed by atoms with Gasteiger partial charge in [0.1, 0.15) is 0 Å². The van der Waals surface area contributed by atoms with Gasteiger partial charge in [0, 0.05) is 30.0 Å². The number of pyridine rings is 1. The van der Waals surface area contributed by atoms with Gasteiger partial charge in [0.2, 0.25) is 5.91 Å². The monoisotopic (exact) mass is 378 g/mol. The van der Waals surface area contributed by atoms with E-state index in [1.807, 2.05) is 56.3 Å². The van der Waals surface area contributed by atoms with E-state index >= 15 is 0 Å². The minimum Gasteiger partial charge on any atom is -0.434 e. The van der Waals surface area contributed by atoms with E-state index in [0.717, 1.165) is 16.3 Å². The molecule has 7 heteroatoms. The molecule has 1 heterocycles. The number of rotatable bonds is 8. The summed E-state index contributed by atoms with van der Waals surface area (Å²) in [6, 6.07) is 7.58. The maximum absolute atomic E-state index is 12.9. The lowest BCUT2D eigenvalue weighted by atomic mass is 9.84. The van der Waals surface area contributed by atoms with E-state index in [4.69, 9.17) is 11.4 Å². The first-order chi connectivity index (χ1) is 13.4. The minimum atomic E-state index is -1.00. The summed E-state index contributed by atoms with van der Waals surface area (Å²) in [5.41, 5.74) is 12.8. The van der Waals surface area contributed by atoms with Gasteiger partial charge in [-0.25, -0.2) is 0 Å². The molecule has 0 aliphatic rings. The number of carbonyl (C=O) groups is 1. The molecule has 2 aromatic rings. The quantitative estimate of drug-likeness (QED) is 0.416. The fraction of sp³-hybridized carbons (Fsp3) is 0.238. The maximum Gasteiger partial charge on any atom is 0.402 e. The molecule has 146 valence electrons. The van der Waals surface area contributed by atoms with Gasteiger partial charge in [0.05, 0.1) is 5.92 Å². The molecule has 2 unspecified atom stereocenters. The molecule has 0 bridgehead atoms. The van der Waals surface area contributed by atoms with Crippen LogP contribution >= 0.6 is 0 Å². The smallest absolute Gasteiger partial charge is 0.402 e. The summed E-state index contributed by atoms with van der Waals surface area (Å²) in [6.07, 6.45) is 11.0. The van der Waals surface area contributed by atoms with Crippen molar-refractivity contribution in [3.05, 3.63) is 72.5 Å². The molecule has 1 amide bonds. The average molecular weight is 378 g/mol. The summed E-state index contributed by atoms with van der Waals surface area (Å²) >= 11 is 0. The molecule has 1 aromatic carbocycles. The van der Waals surface area contributed by atoms with Gasteiger partial charge in [-0.1, -0.05) is 43.3 Å². The summed E-state index contributed by atoms with van der Waals surface area (Å²) < 4.78 is 0. The van der Waals surface area contributed by atoms with Gasteiger partial charge in [0.15, 0.2) is 0 Å². The number of hydrogen-bond donors (Lipinski definition) is 4. The second-order valence-electron chi connectivity index (χ2n) is 6.62. The Morgan fingerprint density at radius 2 is 2.14 bits per heavy atom. The largest absolute Gasteiger partial charge is 0.434 e. The molecule has 0 saturated carbocycles. The Bertz CT molecular complexity index is 893. The van der Waals surface area contributed by atoms with Crippen molar-refractivity contribution < 1.29 is 9.82 Å². The number of nitrogens with zero attached hydrogens (tertiary/aromatic N) is 1. The van der Waals surface area contributed by atoms with Crippen molar-refractivity contribution in [1.82, 2.24) is 4.98 Å². The highest BCUT2D eigenvalue weighted by molar-refractivity contribution is 6.52. The summed E-state index contributed by atoms with van der Waals surface area (Å²) in [4.78, 5) is 17.0. The Labute approximate surface area is 166 Å². The normalized spacial score (nSPS) is 14.5. The molecular formula is C21H27BN4O2. The number of nitrogens with two attached hydrogens (primary N) is 2. The van der Waals surface area contributed by atoms with Gasteiger partial charge in [-0.15, -0.1) is 0 Å². The highest BCUT2D eigenvalue weighted by atomic mass is 16.2. The van der Waals surface area contributed by atoms with Crippen molar-refractivity contribution in [2.45, 2.75) is 13.8 Å². The Morgan fingerprint density at radius 1 is 1.36 bits per heavy atom. The van der Waals surface area contributed by atoms with Crippen LogP contribution in [0.4, 0.5) is 5.69 Å². The van der Waals surface area contributed by atoms with Crippen LogP contribution in [0, 0.1) is 11.8 Å². The summed E-state index contributed by atoms with van der Waals surface area (Å²) in [5, 5.41) is 14.2. The second-order valence-corrected chi connectivity index (χ2v) is 6.62. The number of amides is 1. The lowest BCUT2D eigenvalue weighted by molar-refractivity contribution is -0.118. The van der Waals surface area contributed by atoms with Crippen molar-refractivity contribution in [1.29, 1.82) is 0 Å². The molecule has 0 saturated heterocycles. The van der Waals surface area contributed by atoms with Crippen LogP contribution in [0.25, 0.3) is 10.8 Å². The number of fused-ring (bicyclic) bond motifs is 1. The molecule has 0 radical (unpaired) electrons. The summed E-state index contributed by atoms with van der Waals surface area (Å²) in [7, 11) is -1.00. The molecule has 0 spiro atoms. The molecule has 0 fully saturated rings. The van der Waals surface area contributed by atoms with Crippen LogP contribution in [-0.4, -0.2) is 29.5 Å². The Balaban J connectivity index is 2.22. The second kappa shape index (κ2) is 10.6. The topological polar surface area (TPSA) is 114 Å². The van der Waals surface area contributed by atoms with E-state index < -0.39 is 13.0 Å². The standard InChI is InChI=1S/C21H27BN4O2/c1-3-4-17(11-15(2)7-9-22(24)28)20(13-23)21(27)26-19-6-5-18-14-25-10-8-16(18)12-19/h3-12,14-15,20,28H,13,23-24H2,1-2H3,(H,26,27)/b4-3-,9-7-,17-11+. The Hall–Kier alpha value is -2.74. The van der Waals surface area contributed by atoms with E-state index in [2.05, 4.69) is 10.3 Å². The SMILES string of the molecule is C/C=C\C(=C/C(C)/C=C\B(N)O)C(CN)C(=O)Nc1ccc2cnccc2c1. The minimum absolute atomic E-state index is 0.0144. The first-order valence-corrected chi connectivity index (χ1v) is 9.25. The van der Waals surface area contributed by atoms with Crippen LogP contribution in [-0.2, 0) is 4.79 Å². The van der Waals surface area contributed by atoms with E-state index in [1.54, 1.807) is 18.5 Å². The van der Waals surface area contributed by atoms with Crippen molar-refractivity contribution in [3.63, 3.8) is 0 Å². The van der Waals surface area contributed by atoms with Gasteiger partial charge in [-0.05, 0) is 42.0 Å². The van der Waals surface area contributed by atoms with Crippen LogP contribution in [0.2, 0.25) is 0 Å². The van der Waals surface area contributed by atoms with Crippen LogP contribution in [0.15, 0.2) is 72.5 Å². The van der Waals surface area contributed by atoms with Crippen molar-refractivity contribution in [2.75, 3.05) is 11.9 Å². The first-order valence-electron chi connectivity index (χ1n) is 9.25. The van der Waals surface area contributed by atoms with Gasteiger partial charge in [-0.3, -0.25) is 9.78 Å². The highest BCUT2D eigenvalue weighted by Crippen LogP contribution is 2.21. The van der Waals surface area contributed by atoms with Gasteiger partial charge in [0.25, 0.3) is 0 Å². The Morgan fingerprint density at radius 3 is 2.82 bits per heavy atom. The predicted molar refractivity (Wildman–Crippen MR) is 116 cm³/mol. The fourth-order valence-corrected chi connectivity index (χ4v) is 2.91. The molecule has 28 heavy (non-hydrogen) atoms. The average Bonchev–Trinajstić information content (AvgIpc) is 2.67. The van der Waals surface area contributed by atoms with Crippen molar-refractivity contribution in [3.8, 4) is 0 Å². The molecule has 2 rings (SSSR count). The predicted octanol–water partition coefficient (Wildman–Crippen LogP) is 2.42. The van der Waals surface area contributed by atoms with E-state index in [1.165, 1.54) is 5.98 Å². The maximum atomic E-state index is 12.9.